The van der Waals surface area contributed by atoms with Crippen LogP contribution in [0.25, 0.3) is 21.7 Å². The molecule has 3 aromatic rings. The minimum Gasteiger partial charge on any atom is -0.369 e. The Kier molecular flexibility index (Phi) is 2.74. The number of fused-ring (bicyclic) bond motifs is 2. The molecule has 3 rings (SSSR count). The Morgan fingerprint density at radius 2 is 1.95 bits per heavy atom. The van der Waals surface area contributed by atoms with Crippen molar-refractivity contribution in [2.24, 2.45) is 0 Å². The van der Waals surface area contributed by atoms with Crippen LogP contribution < -0.4 is 11.3 Å². The van der Waals surface area contributed by atoms with Crippen LogP contribution in [0.15, 0.2) is 29.1 Å². The van der Waals surface area contributed by atoms with E-state index >= 15 is 0 Å². The lowest BCUT2D eigenvalue weighted by atomic mass is 9.96. The van der Waals surface area contributed by atoms with E-state index in [-0.39, 0.29) is 11.5 Å². The summed E-state index contributed by atoms with van der Waals surface area (Å²) in [6.45, 7) is 6.29. The highest BCUT2D eigenvalue weighted by Crippen LogP contribution is 2.28. The fourth-order valence-corrected chi connectivity index (χ4v) is 2.60. The van der Waals surface area contributed by atoms with E-state index in [0.717, 1.165) is 16.3 Å². The third-order valence-corrected chi connectivity index (χ3v) is 3.77. The highest BCUT2D eigenvalue weighted by Gasteiger charge is 2.10. The van der Waals surface area contributed by atoms with Crippen molar-refractivity contribution in [1.82, 2.24) is 9.97 Å². The molecule has 20 heavy (non-hydrogen) atoms. The lowest BCUT2D eigenvalue weighted by molar-refractivity contribution is 0.869. The largest absolute Gasteiger partial charge is 0.369 e. The van der Waals surface area contributed by atoms with Crippen molar-refractivity contribution in [3.63, 3.8) is 0 Å². The van der Waals surface area contributed by atoms with Gasteiger partial charge >= 0.3 is 0 Å². The number of aromatic nitrogens is 2. The van der Waals surface area contributed by atoms with Crippen LogP contribution in [-0.2, 0) is 0 Å². The number of nitrogens with one attached hydrogen (secondary N) is 1. The number of hydrogen-bond acceptors (Lipinski definition) is 3. The molecule has 0 aliphatic carbocycles. The Balaban J connectivity index is 2.47. The first-order valence-electron chi connectivity index (χ1n) is 6.70. The van der Waals surface area contributed by atoms with Crippen molar-refractivity contribution in [3.8, 4) is 0 Å². The van der Waals surface area contributed by atoms with E-state index in [9.17, 15) is 4.79 Å². The second-order valence-corrected chi connectivity index (χ2v) is 5.48. The highest BCUT2D eigenvalue weighted by molar-refractivity contribution is 6.00. The molecule has 1 heterocycles. The second kappa shape index (κ2) is 4.34. The molecule has 0 fully saturated rings. The van der Waals surface area contributed by atoms with Gasteiger partial charge in [0, 0.05) is 0 Å². The molecule has 0 amide bonds. The number of H-pyrrole nitrogens is 1. The number of aromatic amines is 1. The van der Waals surface area contributed by atoms with Gasteiger partial charge in [-0.25, -0.2) is 4.98 Å². The predicted octanol–water partition coefficient (Wildman–Crippen LogP) is 3.09. The van der Waals surface area contributed by atoms with Crippen LogP contribution in [-0.4, -0.2) is 9.97 Å². The maximum atomic E-state index is 12.0. The summed E-state index contributed by atoms with van der Waals surface area (Å²) in [4.78, 5) is 18.9. The molecule has 4 heteroatoms. The molecule has 0 unspecified atom stereocenters. The first kappa shape index (κ1) is 12.7. The Morgan fingerprint density at radius 3 is 2.65 bits per heavy atom. The zero-order valence-electron chi connectivity index (χ0n) is 11.8. The molecule has 0 aliphatic rings. The summed E-state index contributed by atoms with van der Waals surface area (Å²) in [5.41, 5.74) is 8.38. The Bertz CT molecular complexity index is 878. The van der Waals surface area contributed by atoms with Crippen molar-refractivity contribution in [2.75, 3.05) is 5.73 Å². The van der Waals surface area contributed by atoms with Crippen molar-refractivity contribution >= 4 is 27.6 Å². The normalized spacial score (nSPS) is 11.6. The lowest BCUT2D eigenvalue weighted by Crippen LogP contribution is -2.11. The van der Waals surface area contributed by atoms with Gasteiger partial charge < -0.3 is 5.73 Å². The lowest BCUT2D eigenvalue weighted by Gasteiger charge is -2.10. The maximum Gasteiger partial charge on any atom is 0.260 e. The number of benzene rings is 2. The molecular weight excluding hydrogens is 250 g/mol. The number of anilines is 1. The van der Waals surface area contributed by atoms with Gasteiger partial charge in [-0.3, -0.25) is 9.78 Å². The fourth-order valence-electron chi connectivity index (χ4n) is 2.60. The van der Waals surface area contributed by atoms with Gasteiger partial charge in [0.2, 0.25) is 5.95 Å². The Hall–Kier alpha value is -2.36. The van der Waals surface area contributed by atoms with Crippen LogP contribution in [0.2, 0.25) is 0 Å². The highest BCUT2D eigenvalue weighted by atomic mass is 16.1. The smallest absolute Gasteiger partial charge is 0.260 e. The fraction of sp³-hybridized carbons (Fsp3) is 0.250. The monoisotopic (exact) mass is 267 g/mol. The molecular formula is C16H17N3O. The molecule has 1 aromatic heterocycles. The zero-order valence-corrected chi connectivity index (χ0v) is 11.8. The minimum absolute atomic E-state index is 0.156. The number of nitrogen functional groups attached to an aromatic ring is 1. The molecule has 0 radical (unpaired) electrons. The second-order valence-electron chi connectivity index (χ2n) is 5.48. The van der Waals surface area contributed by atoms with Gasteiger partial charge in [0.05, 0.1) is 10.9 Å². The van der Waals surface area contributed by atoms with Crippen LogP contribution in [0.4, 0.5) is 5.95 Å². The molecule has 0 atom stereocenters. The first-order chi connectivity index (χ1) is 9.47. The molecule has 0 aliphatic heterocycles. The SMILES string of the molecule is Cc1c2ccc(C(C)C)cc2cc2c(=O)[nH]c(N)nc12. The van der Waals surface area contributed by atoms with Gasteiger partial charge in [0.15, 0.2) is 0 Å². The summed E-state index contributed by atoms with van der Waals surface area (Å²) in [5.74, 6) is 0.613. The summed E-state index contributed by atoms with van der Waals surface area (Å²) in [6.07, 6.45) is 0. The minimum atomic E-state index is -0.188. The zero-order chi connectivity index (χ0) is 14.4. The average molecular weight is 267 g/mol. The summed E-state index contributed by atoms with van der Waals surface area (Å²) in [6, 6.07) is 8.26. The summed E-state index contributed by atoms with van der Waals surface area (Å²) >= 11 is 0. The quantitative estimate of drug-likeness (QED) is 0.665. The van der Waals surface area contributed by atoms with Crippen LogP contribution in [0.3, 0.4) is 0 Å². The molecule has 0 bridgehead atoms. The van der Waals surface area contributed by atoms with Gasteiger partial charge in [0.1, 0.15) is 0 Å². The van der Waals surface area contributed by atoms with Gasteiger partial charge in [-0.2, -0.15) is 0 Å². The van der Waals surface area contributed by atoms with Crippen molar-refractivity contribution < 1.29 is 0 Å². The van der Waals surface area contributed by atoms with E-state index in [1.165, 1.54) is 5.56 Å². The summed E-state index contributed by atoms with van der Waals surface area (Å²) in [5, 5.41) is 2.77. The van der Waals surface area contributed by atoms with Crippen molar-refractivity contribution in [3.05, 3.63) is 45.7 Å². The van der Waals surface area contributed by atoms with Gasteiger partial charge in [-0.15, -0.1) is 0 Å². The molecule has 2 aromatic carbocycles. The van der Waals surface area contributed by atoms with Gasteiger partial charge in [0.25, 0.3) is 5.56 Å². The molecule has 0 spiro atoms. The van der Waals surface area contributed by atoms with Crippen LogP contribution >= 0.6 is 0 Å². The molecule has 102 valence electrons. The van der Waals surface area contributed by atoms with Gasteiger partial charge in [-0.1, -0.05) is 32.0 Å². The number of nitrogens with two attached hydrogens (primary N) is 1. The maximum absolute atomic E-state index is 12.0. The molecule has 0 saturated heterocycles. The third-order valence-electron chi connectivity index (χ3n) is 3.77. The van der Waals surface area contributed by atoms with E-state index in [0.29, 0.717) is 16.8 Å². The number of aryl methyl sites for hydroxylation is 1. The Morgan fingerprint density at radius 1 is 1.20 bits per heavy atom. The Labute approximate surface area is 116 Å². The number of hydrogen-bond donors (Lipinski definition) is 2. The average Bonchev–Trinajstić information content (AvgIpc) is 2.40. The van der Waals surface area contributed by atoms with Gasteiger partial charge in [-0.05, 0) is 40.8 Å². The molecule has 4 nitrogen and oxygen atoms in total. The van der Waals surface area contributed by atoms with E-state index in [2.05, 4.69) is 42.0 Å². The molecule has 3 N–H and O–H groups in total. The van der Waals surface area contributed by atoms with Crippen LogP contribution in [0, 0.1) is 6.92 Å². The van der Waals surface area contributed by atoms with E-state index in [1.807, 2.05) is 13.0 Å². The predicted molar refractivity (Wildman–Crippen MR) is 83.1 cm³/mol. The standard InChI is InChI=1S/C16H17N3O/c1-8(2)10-4-5-12-9(3)14-13(7-11(12)6-10)15(20)19-16(17)18-14/h4-8H,1-3H3,(H3,17,18,19,20). The number of nitrogens with zero attached hydrogens (tertiary/aromatic N) is 1. The van der Waals surface area contributed by atoms with Crippen LogP contribution in [0.1, 0.15) is 30.9 Å². The summed E-state index contributed by atoms with van der Waals surface area (Å²) in [7, 11) is 0. The van der Waals surface area contributed by atoms with Crippen LogP contribution in [0.5, 0.6) is 0 Å². The van der Waals surface area contributed by atoms with Crippen molar-refractivity contribution in [1.29, 1.82) is 0 Å². The van der Waals surface area contributed by atoms with E-state index < -0.39 is 0 Å². The first-order valence-corrected chi connectivity index (χ1v) is 6.70. The number of rotatable bonds is 1. The van der Waals surface area contributed by atoms with E-state index in [1.54, 1.807) is 0 Å². The van der Waals surface area contributed by atoms with E-state index in [4.69, 9.17) is 5.73 Å². The third kappa shape index (κ3) is 1.84. The summed E-state index contributed by atoms with van der Waals surface area (Å²) < 4.78 is 0. The van der Waals surface area contributed by atoms with Crippen molar-refractivity contribution in [2.45, 2.75) is 26.7 Å². The topological polar surface area (TPSA) is 71.8 Å². The molecule has 0 saturated carbocycles.